The second-order valence-corrected chi connectivity index (χ2v) is 4.71. The number of para-hydroxylation sites is 1. The van der Waals surface area contributed by atoms with Gasteiger partial charge in [0.05, 0.1) is 0 Å². The molecule has 0 spiro atoms. The van der Waals surface area contributed by atoms with Crippen molar-refractivity contribution in [3.05, 3.63) is 29.3 Å². The first kappa shape index (κ1) is 14.0. The van der Waals surface area contributed by atoms with Crippen molar-refractivity contribution in [2.75, 3.05) is 13.1 Å². The fourth-order valence-electron chi connectivity index (χ4n) is 1.84. The summed E-state index contributed by atoms with van der Waals surface area (Å²) in [7, 11) is 0. The fraction of sp³-hybridized carbons (Fsp3) is 0.600. The van der Waals surface area contributed by atoms with E-state index in [0.717, 1.165) is 18.8 Å². The molecule has 1 unspecified atom stereocenters. The van der Waals surface area contributed by atoms with Gasteiger partial charge < -0.3 is 10.1 Å². The summed E-state index contributed by atoms with van der Waals surface area (Å²) in [5, 5.41) is 3.42. The molecule has 17 heavy (non-hydrogen) atoms. The molecule has 0 aromatic heterocycles. The molecule has 0 amide bonds. The van der Waals surface area contributed by atoms with Gasteiger partial charge in [-0.3, -0.25) is 0 Å². The summed E-state index contributed by atoms with van der Waals surface area (Å²) in [6, 6.07) is 6.26. The molecule has 0 aliphatic rings. The van der Waals surface area contributed by atoms with Crippen LogP contribution in [0.25, 0.3) is 0 Å². The Morgan fingerprint density at radius 2 is 1.88 bits per heavy atom. The van der Waals surface area contributed by atoms with Crippen LogP contribution < -0.4 is 10.1 Å². The molecule has 2 heteroatoms. The van der Waals surface area contributed by atoms with Gasteiger partial charge >= 0.3 is 0 Å². The number of benzene rings is 1. The smallest absolute Gasteiger partial charge is 0.125 e. The molecule has 2 nitrogen and oxygen atoms in total. The Balaban J connectivity index is 2.42. The van der Waals surface area contributed by atoms with Crippen molar-refractivity contribution < 1.29 is 4.74 Å². The lowest BCUT2D eigenvalue weighted by atomic mass is 10.1. The zero-order chi connectivity index (χ0) is 12.7. The number of unbranched alkanes of at least 4 members (excludes halogenated alkanes) is 1. The topological polar surface area (TPSA) is 21.3 Å². The molecule has 1 N–H and O–H groups in total. The number of hydrogen-bond acceptors (Lipinski definition) is 2. The molecule has 0 bridgehead atoms. The minimum atomic E-state index is 0.214. The number of ether oxygens (including phenoxy) is 1. The van der Waals surface area contributed by atoms with Crippen LogP contribution in [0.2, 0.25) is 0 Å². The van der Waals surface area contributed by atoms with Crippen LogP contribution in [0.5, 0.6) is 5.75 Å². The van der Waals surface area contributed by atoms with E-state index in [1.54, 1.807) is 0 Å². The molecule has 0 saturated carbocycles. The molecule has 1 rings (SSSR count). The first-order valence-electron chi connectivity index (χ1n) is 6.58. The lowest BCUT2D eigenvalue weighted by molar-refractivity contribution is 0.214. The summed E-state index contributed by atoms with van der Waals surface area (Å²) >= 11 is 0. The molecule has 1 aromatic carbocycles. The minimum absolute atomic E-state index is 0.214. The normalized spacial score (nSPS) is 12.5. The Morgan fingerprint density at radius 1 is 1.24 bits per heavy atom. The van der Waals surface area contributed by atoms with Crippen molar-refractivity contribution >= 4 is 0 Å². The van der Waals surface area contributed by atoms with E-state index in [1.165, 1.54) is 24.0 Å². The van der Waals surface area contributed by atoms with Gasteiger partial charge in [0, 0.05) is 6.54 Å². The van der Waals surface area contributed by atoms with Crippen molar-refractivity contribution in [2.45, 2.75) is 46.6 Å². The minimum Gasteiger partial charge on any atom is -0.489 e. The Labute approximate surface area is 105 Å². The van der Waals surface area contributed by atoms with Crippen LogP contribution in [0.15, 0.2) is 18.2 Å². The standard InChI is InChI=1S/C15H25NO/c1-5-6-10-16-11-14(4)17-15-12(2)8-7-9-13(15)3/h7-9,14,16H,5-6,10-11H2,1-4H3. The summed E-state index contributed by atoms with van der Waals surface area (Å²) < 4.78 is 5.99. The lowest BCUT2D eigenvalue weighted by Gasteiger charge is -2.18. The summed E-state index contributed by atoms with van der Waals surface area (Å²) in [4.78, 5) is 0. The van der Waals surface area contributed by atoms with Gasteiger partial charge in [-0.2, -0.15) is 0 Å². The SMILES string of the molecule is CCCCNCC(C)Oc1c(C)cccc1C. The van der Waals surface area contributed by atoms with Gasteiger partial charge in [0.25, 0.3) is 0 Å². The highest BCUT2D eigenvalue weighted by molar-refractivity contribution is 5.39. The highest BCUT2D eigenvalue weighted by Gasteiger charge is 2.08. The Kier molecular flexibility index (Phi) is 6.06. The van der Waals surface area contributed by atoms with Crippen molar-refractivity contribution in [3.8, 4) is 5.75 Å². The largest absolute Gasteiger partial charge is 0.489 e. The molecular formula is C15H25NO. The summed E-state index contributed by atoms with van der Waals surface area (Å²) in [6.45, 7) is 10.5. The van der Waals surface area contributed by atoms with E-state index in [0.29, 0.717) is 0 Å². The number of aryl methyl sites for hydroxylation is 2. The van der Waals surface area contributed by atoms with Crippen LogP contribution in [0.1, 0.15) is 37.8 Å². The molecule has 0 heterocycles. The van der Waals surface area contributed by atoms with Gasteiger partial charge in [0.15, 0.2) is 0 Å². The van der Waals surface area contributed by atoms with Crippen LogP contribution in [0, 0.1) is 13.8 Å². The average molecular weight is 235 g/mol. The third kappa shape index (κ3) is 4.78. The molecule has 0 aliphatic carbocycles. The lowest BCUT2D eigenvalue weighted by Crippen LogP contribution is -2.29. The molecule has 96 valence electrons. The molecule has 0 fully saturated rings. The van der Waals surface area contributed by atoms with Crippen LogP contribution in [-0.4, -0.2) is 19.2 Å². The van der Waals surface area contributed by atoms with Crippen LogP contribution in [0.4, 0.5) is 0 Å². The predicted octanol–water partition coefficient (Wildman–Crippen LogP) is 3.46. The fourth-order valence-corrected chi connectivity index (χ4v) is 1.84. The first-order chi connectivity index (χ1) is 8.15. The van der Waals surface area contributed by atoms with E-state index >= 15 is 0 Å². The second kappa shape index (κ2) is 7.33. The van der Waals surface area contributed by atoms with Crippen LogP contribution in [-0.2, 0) is 0 Å². The van der Waals surface area contributed by atoms with Gasteiger partial charge in [-0.25, -0.2) is 0 Å². The second-order valence-electron chi connectivity index (χ2n) is 4.71. The molecule has 1 atom stereocenters. The monoisotopic (exact) mass is 235 g/mol. The third-order valence-electron chi connectivity index (χ3n) is 2.87. The Morgan fingerprint density at radius 3 is 2.47 bits per heavy atom. The highest BCUT2D eigenvalue weighted by Crippen LogP contribution is 2.23. The molecule has 0 radical (unpaired) electrons. The molecule has 1 aromatic rings. The van der Waals surface area contributed by atoms with E-state index in [-0.39, 0.29) is 6.10 Å². The number of rotatable bonds is 7. The maximum Gasteiger partial charge on any atom is 0.125 e. The number of nitrogens with one attached hydrogen (secondary N) is 1. The predicted molar refractivity (Wildman–Crippen MR) is 73.8 cm³/mol. The molecule has 0 saturated heterocycles. The van der Waals surface area contributed by atoms with Gasteiger partial charge in [0.2, 0.25) is 0 Å². The maximum absolute atomic E-state index is 5.99. The van der Waals surface area contributed by atoms with Crippen LogP contribution in [0.3, 0.4) is 0 Å². The average Bonchev–Trinajstić information content (AvgIpc) is 2.30. The van der Waals surface area contributed by atoms with Gasteiger partial charge in [-0.1, -0.05) is 31.5 Å². The van der Waals surface area contributed by atoms with Crippen molar-refractivity contribution in [3.63, 3.8) is 0 Å². The summed E-state index contributed by atoms with van der Waals surface area (Å²) in [5.74, 6) is 1.04. The third-order valence-corrected chi connectivity index (χ3v) is 2.87. The van der Waals surface area contributed by atoms with E-state index in [9.17, 15) is 0 Å². The Bertz CT molecular complexity index is 315. The number of hydrogen-bond donors (Lipinski definition) is 1. The maximum atomic E-state index is 5.99. The Hall–Kier alpha value is -1.02. The van der Waals surface area contributed by atoms with Crippen molar-refractivity contribution in [1.29, 1.82) is 0 Å². The first-order valence-corrected chi connectivity index (χ1v) is 6.58. The zero-order valence-electron chi connectivity index (χ0n) is 11.5. The van der Waals surface area contributed by atoms with Gasteiger partial charge in [0.1, 0.15) is 11.9 Å². The zero-order valence-corrected chi connectivity index (χ0v) is 11.5. The van der Waals surface area contributed by atoms with E-state index in [4.69, 9.17) is 4.74 Å². The van der Waals surface area contributed by atoms with E-state index < -0.39 is 0 Å². The molecule has 0 aliphatic heterocycles. The summed E-state index contributed by atoms with van der Waals surface area (Å²) in [6.07, 6.45) is 2.68. The molecular weight excluding hydrogens is 210 g/mol. The highest BCUT2D eigenvalue weighted by atomic mass is 16.5. The summed E-state index contributed by atoms with van der Waals surface area (Å²) in [5.41, 5.74) is 2.43. The van der Waals surface area contributed by atoms with Gasteiger partial charge in [-0.15, -0.1) is 0 Å². The van der Waals surface area contributed by atoms with Crippen molar-refractivity contribution in [2.24, 2.45) is 0 Å². The van der Waals surface area contributed by atoms with Crippen LogP contribution >= 0.6 is 0 Å². The quantitative estimate of drug-likeness (QED) is 0.731. The van der Waals surface area contributed by atoms with E-state index in [1.807, 2.05) is 0 Å². The van der Waals surface area contributed by atoms with E-state index in [2.05, 4.69) is 51.2 Å². The van der Waals surface area contributed by atoms with Crippen molar-refractivity contribution in [1.82, 2.24) is 5.32 Å². The van der Waals surface area contributed by atoms with Gasteiger partial charge in [-0.05, 0) is 44.9 Å².